The van der Waals surface area contributed by atoms with E-state index in [0.29, 0.717) is 24.4 Å². The van der Waals surface area contributed by atoms with E-state index < -0.39 is 0 Å². The van der Waals surface area contributed by atoms with Gasteiger partial charge in [0, 0.05) is 6.20 Å². The summed E-state index contributed by atoms with van der Waals surface area (Å²) in [4.78, 5) is 21.2. The van der Waals surface area contributed by atoms with E-state index in [1.54, 1.807) is 12.3 Å². The van der Waals surface area contributed by atoms with Gasteiger partial charge in [0.05, 0.1) is 0 Å². The van der Waals surface area contributed by atoms with E-state index in [-0.39, 0.29) is 5.78 Å². The Morgan fingerprint density at radius 1 is 1.53 bits per heavy atom. The van der Waals surface area contributed by atoms with Crippen molar-refractivity contribution in [3.63, 3.8) is 0 Å². The van der Waals surface area contributed by atoms with Crippen LogP contribution in [0.5, 0.6) is 0 Å². The highest BCUT2D eigenvalue weighted by Crippen LogP contribution is 2.17. The Balaban J connectivity index is 2.26. The minimum atomic E-state index is -0.123. The summed E-state index contributed by atoms with van der Waals surface area (Å²) in [6.45, 7) is 3.84. The number of rotatable bonds is 3. The van der Waals surface area contributed by atoms with Gasteiger partial charge in [0.2, 0.25) is 5.78 Å². The van der Waals surface area contributed by atoms with Crippen LogP contribution in [0.3, 0.4) is 0 Å². The summed E-state index contributed by atoms with van der Waals surface area (Å²) in [5.74, 6) is -0.123. The van der Waals surface area contributed by atoms with Gasteiger partial charge in [-0.05, 0) is 30.9 Å². The zero-order chi connectivity index (χ0) is 12.1. The maximum Gasteiger partial charge on any atom is 0.229 e. The molecule has 88 valence electrons. The number of Topliss-reactive ketones (excluding diaryl/α,β-unsaturated/α-hetero) is 1. The maximum absolute atomic E-state index is 12.1. The molecule has 0 aliphatic heterocycles. The van der Waals surface area contributed by atoms with Crippen LogP contribution in [0.15, 0.2) is 36.1 Å². The molecule has 1 aliphatic rings. The van der Waals surface area contributed by atoms with Gasteiger partial charge < -0.3 is 4.84 Å². The van der Waals surface area contributed by atoms with Crippen molar-refractivity contribution in [1.29, 1.82) is 0 Å². The molecule has 0 atom stereocenters. The lowest BCUT2D eigenvalue weighted by Crippen LogP contribution is -2.15. The van der Waals surface area contributed by atoms with Gasteiger partial charge in [-0.1, -0.05) is 23.9 Å². The van der Waals surface area contributed by atoms with E-state index in [4.69, 9.17) is 4.84 Å². The van der Waals surface area contributed by atoms with Crippen molar-refractivity contribution in [3.05, 3.63) is 42.2 Å². The summed E-state index contributed by atoms with van der Waals surface area (Å²) < 4.78 is 0. The lowest BCUT2D eigenvalue weighted by atomic mass is 10.1. The minimum Gasteiger partial charge on any atom is -0.391 e. The van der Waals surface area contributed by atoms with Gasteiger partial charge in [0.25, 0.3) is 0 Å². The van der Waals surface area contributed by atoms with Crippen molar-refractivity contribution in [2.45, 2.75) is 19.3 Å². The first-order valence-electron chi connectivity index (χ1n) is 5.61. The Bertz CT molecular complexity index is 466. The molecule has 0 amide bonds. The third-order valence-electron chi connectivity index (χ3n) is 2.60. The van der Waals surface area contributed by atoms with Crippen molar-refractivity contribution >= 4 is 11.5 Å². The van der Waals surface area contributed by atoms with Crippen LogP contribution in [0.1, 0.15) is 28.9 Å². The quantitative estimate of drug-likeness (QED) is 0.346. The first-order chi connectivity index (χ1) is 8.33. The van der Waals surface area contributed by atoms with E-state index >= 15 is 0 Å². The number of nitrogens with zero attached hydrogens (tertiary/aromatic N) is 2. The third kappa shape index (κ3) is 2.58. The number of ketones is 1. The molecule has 1 aromatic heterocycles. The number of hydrogen-bond acceptors (Lipinski definition) is 4. The van der Waals surface area contributed by atoms with E-state index in [1.807, 2.05) is 12.1 Å². The Labute approximate surface area is 100.0 Å². The predicted molar refractivity (Wildman–Crippen MR) is 65.1 cm³/mol. The van der Waals surface area contributed by atoms with Crippen molar-refractivity contribution < 1.29 is 9.63 Å². The molecule has 0 saturated carbocycles. The molecule has 1 aromatic rings. The molecular weight excluding hydrogens is 216 g/mol. The number of carbonyl (C=O) groups excluding carboxylic acids is 1. The van der Waals surface area contributed by atoms with Crippen molar-refractivity contribution in [3.8, 4) is 0 Å². The second kappa shape index (κ2) is 5.39. The van der Waals surface area contributed by atoms with Gasteiger partial charge in [0.1, 0.15) is 18.0 Å². The zero-order valence-electron chi connectivity index (χ0n) is 9.56. The first kappa shape index (κ1) is 11.5. The van der Waals surface area contributed by atoms with Crippen LogP contribution in [0.4, 0.5) is 0 Å². The fourth-order valence-electron chi connectivity index (χ4n) is 1.80. The van der Waals surface area contributed by atoms with Crippen LogP contribution >= 0.6 is 0 Å². The molecule has 0 bridgehead atoms. The highest BCUT2D eigenvalue weighted by atomic mass is 16.6. The largest absolute Gasteiger partial charge is 0.391 e. The highest BCUT2D eigenvalue weighted by Gasteiger charge is 2.22. The number of carbonyl (C=O) groups is 1. The normalized spacial score (nSPS) is 17.4. The van der Waals surface area contributed by atoms with Gasteiger partial charge >= 0.3 is 0 Å². The van der Waals surface area contributed by atoms with Crippen LogP contribution in [0.25, 0.3) is 0 Å². The second-order valence-electron chi connectivity index (χ2n) is 3.82. The molecule has 0 spiro atoms. The average Bonchev–Trinajstić information content (AvgIpc) is 2.51. The van der Waals surface area contributed by atoms with Crippen LogP contribution in [0.2, 0.25) is 0 Å². The lowest BCUT2D eigenvalue weighted by Gasteiger charge is -2.02. The average molecular weight is 230 g/mol. The molecule has 0 unspecified atom stereocenters. The summed E-state index contributed by atoms with van der Waals surface area (Å²) in [5.41, 5.74) is 1.95. The molecule has 0 saturated heterocycles. The fourth-order valence-corrected chi connectivity index (χ4v) is 1.80. The van der Waals surface area contributed by atoms with E-state index in [2.05, 4.69) is 16.7 Å². The topological polar surface area (TPSA) is 51.6 Å². The van der Waals surface area contributed by atoms with Crippen LogP contribution in [0, 0.1) is 0 Å². The maximum atomic E-state index is 12.1. The molecule has 0 radical (unpaired) electrons. The smallest absolute Gasteiger partial charge is 0.229 e. The second-order valence-corrected chi connectivity index (χ2v) is 3.82. The monoisotopic (exact) mass is 230 g/mol. The minimum absolute atomic E-state index is 0.123. The van der Waals surface area contributed by atoms with Crippen molar-refractivity contribution in [1.82, 2.24) is 4.98 Å². The molecular formula is C13H14N2O2. The van der Waals surface area contributed by atoms with Gasteiger partial charge in [-0.3, -0.25) is 9.78 Å². The van der Waals surface area contributed by atoms with Gasteiger partial charge in [-0.15, -0.1) is 0 Å². The number of oxime groups is 1. The molecule has 4 heteroatoms. The molecule has 2 rings (SSSR count). The fraction of sp³-hybridized carbons (Fsp3) is 0.308. The van der Waals surface area contributed by atoms with Crippen LogP contribution in [-0.2, 0) is 11.3 Å². The lowest BCUT2D eigenvalue weighted by molar-refractivity contribution is 0.104. The molecule has 4 nitrogen and oxygen atoms in total. The molecule has 0 fully saturated rings. The van der Waals surface area contributed by atoms with Crippen LogP contribution in [-0.4, -0.2) is 23.1 Å². The van der Waals surface area contributed by atoms with Gasteiger partial charge in [-0.25, -0.2) is 0 Å². The van der Waals surface area contributed by atoms with E-state index in [1.165, 1.54) is 0 Å². The van der Waals surface area contributed by atoms with E-state index in [9.17, 15) is 4.79 Å². The van der Waals surface area contributed by atoms with Crippen molar-refractivity contribution in [2.75, 3.05) is 6.61 Å². The molecule has 0 N–H and O–H groups in total. The van der Waals surface area contributed by atoms with Crippen molar-refractivity contribution in [2.24, 2.45) is 5.16 Å². The molecule has 0 aromatic carbocycles. The van der Waals surface area contributed by atoms with Crippen LogP contribution < -0.4 is 0 Å². The Hall–Kier alpha value is -1.97. The summed E-state index contributed by atoms with van der Waals surface area (Å²) >= 11 is 0. The Morgan fingerprint density at radius 3 is 3.24 bits per heavy atom. The highest BCUT2D eigenvalue weighted by molar-refractivity contribution is 6.45. The van der Waals surface area contributed by atoms with Gasteiger partial charge in [0.15, 0.2) is 0 Å². The third-order valence-corrected chi connectivity index (χ3v) is 2.60. The molecule has 1 heterocycles. The predicted octanol–water partition coefficient (Wildman–Crippen LogP) is 2.16. The number of aryl methyl sites for hydroxylation is 1. The summed E-state index contributed by atoms with van der Waals surface area (Å²) in [7, 11) is 0. The zero-order valence-corrected chi connectivity index (χ0v) is 9.56. The number of aromatic nitrogens is 1. The van der Waals surface area contributed by atoms with Gasteiger partial charge in [-0.2, -0.15) is 0 Å². The molecule has 1 aliphatic carbocycles. The summed E-state index contributed by atoms with van der Waals surface area (Å²) in [5, 5.41) is 3.87. The number of hydrogen-bond donors (Lipinski definition) is 0. The summed E-state index contributed by atoms with van der Waals surface area (Å²) in [6, 6.07) is 3.79. The summed E-state index contributed by atoms with van der Waals surface area (Å²) in [6.07, 6.45) is 5.60. The standard InChI is InChI=1S/C13H14N2O2/c1-2-9-17-15-11-7-3-5-10-6-4-8-14-12(10)13(11)16/h2,4,6,8H,1,3,5,7,9H2. The van der Waals surface area contributed by atoms with E-state index in [0.717, 1.165) is 18.4 Å². The first-order valence-corrected chi connectivity index (χ1v) is 5.61. The SMILES string of the molecule is C=CCON=C1CCCc2cccnc2C1=O. The Morgan fingerprint density at radius 2 is 2.41 bits per heavy atom. The Kier molecular flexibility index (Phi) is 3.65. The number of pyridine rings is 1. The number of fused-ring (bicyclic) bond motifs is 1. The molecule has 17 heavy (non-hydrogen) atoms.